The Balaban J connectivity index is 1.55. The standard InChI is InChI=1S/C20H25N3/c1-15(2)18-5-3-4-16(12-18)6-7-17-10-11-23(14-17)20-9-8-19(21)13-22-20/h3-5,8-9,12-13,17H,1,6-7,10-11,14,21H2,2H3. The first-order chi connectivity index (χ1) is 11.1. The van der Waals surface area contributed by atoms with E-state index in [1.807, 2.05) is 12.1 Å². The van der Waals surface area contributed by atoms with Crippen molar-refractivity contribution in [2.75, 3.05) is 23.7 Å². The van der Waals surface area contributed by atoms with Crippen LogP contribution in [0.2, 0.25) is 0 Å². The Morgan fingerprint density at radius 1 is 1.35 bits per heavy atom. The fourth-order valence-corrected chi connectivity index (χ4v) is 3.22. The van der Waals surface area contributed by atoms with Crippen molar-refractivity contribution in [3.8, 4) is 0 Å². The highest BCUT2D eigenvalue weighted by atomic mass is 15.2. The van der Waals surface area contributed by atoms with Crippen LogP contribution >= 0.6 is 0 Å². The van der Waals surface area contributed by atoms with Crippen LogP contribution < -0.4 is 10.6 Å². The summed E-state index contributed by atoms with van der Waals surface area (Å²) in [5, 5.41) is 0. The molecule has 2 heterocycles. The van der Waals surface area contributed by atoms with E-state index in [2.05, 4.69) is 47.7 Å². The molecule has 3 heteroatoms. The highest BCUT2D eigenvalue weighted by molar-refractivity contribution is 5.61. The maximum absolute atomic E-state index is 5.71. The maximum Gasteiger partial charge on any atom is 0.128 e. The molecule has 1 atom stereocenters. The molecule has 1 saturated heterocycles. The Morgan fingerprint density at radius 2 is 2.22 bits per heavy atom. The lowest BCUT2D eigenvalue weighted by molar-refractivity contribution is 0.538. The number of hydrogen-bond acceptors (Lipinski definition) is 3. The van der Waals surface area contributed by atoms with Gasteiger partial charge in [-0.25, -0.2) is 4.98 Å². The predicted molar refractivity (Wildman–Crippen MR) is 98.4 cm³/mol. The topological polar surface area (TPSA) is 42.1 Å². The summed E-state index contributed by atoms with van der Waals surface area (Å²) in [5.41, 5.74) is 10.2. The number of allylic oxidation sites excluding steroid dienone is 1. The van der Waals surface area contributed by atoms with Crippen molar-refractivity contribution in [2.45, 2.75) is 26.2 Å². The number of aromatic nitrogens is 1. The number of hydrogen-bond donors (Lipinski definition) is 1. The van der Waals surface area contributed by atoms with Gasteiger partial charge in [0.05, 0.1) is 11.9 Å². The molecule has 3 nitrogen and oxygen atoms in total. The number of benzene rings is 1. The average molecular weight is 307 g/mol. The minimum atomic E-state index is 0.724. The molecular formula is C20H25N3. The van der Waals surface area contributed by atoms with Gasteiger partial charge in [-0.2, -0.15) is 0 Å². The lowest BCUT2D eigenvalue weighted by Crippen LogP contribution is -2.20. The van der Waals surface area contributed by atoms with Crippen LogP contribution in [0.4, 0.5) is 11.5 Å². The molecule has 1 aromatic heterocycles. The summed E-state index contributed by atoms with van der Waals surface area (Å²) in [7, 11) is 0. The summed E-state index contributed by atoms with van der Waals surface area (Å²) in [6, 6.07) is 12.7. The largest absolute Gasteiger partial charge is 0.397 e. The van der Waals surface area contributed by atoms with Gasteiger partial charge in [0, 0.05) is 13.1 Å². The molecule has 0 spiro atoms. The molecule has 2 N–H and O–H groups in total. The average Bonchev–Trinajstić information content (AvgIpc) is 3.03. The summed E-state index contributed by atoms with van der Waals surface area (Å²) in [6.45, 7) is 8.28. The molecule has 2 aromatic rings. The third kappa shape index (κ3) is 3.92. The Bertz CT molecular complexity index is 676. The Labute approximate surface area is 138 Å². The first kappa shape index (κ1) is 15.6. The molecule has 1 aliphatic rings. The number of nitrogen functional groups attached to an aromatic ring is 1. The van der Waals surface area contributed by atoms with E-state index in [0.29, 0.717) is 0 Å². The van der Waals surface area contributed by atoms with E-state index >= 15 is 0 Å². The summed E-state index contributed by atoms with van der Waals surface area (Å²) in [5.74, 6) is 1.79. The van der Waals surface area contributed by atoms with Crippen molar-refractivity contribution < 1.29 is 0 Å². The zero-order valence-electron chi connectivity index (χ0n) is 13.8. The number of nitrogens with zero attached hydrogens (tertiary/aromatic N) is 2. The van der Waals surface area contributed by atoms with Gasteiger partial charge in [0.15, 0.2) is 0 Å². The highest BCUT2D eigenvalue weighted by Gasteiger charge is 2.23. The van der Waals surface area contributed by atoms with E-state index < -0.39 is 0 Å². The molecule has 0 saturated carbocycles. The normalized spacial score (nSPS) is 17.4. The quantitative estimate of drug-likeness (QED) is 0.902. The second-order valence-electron chi connectivity index (χ2n) is 6.57. The fraction of sp³-hybridized carbons (Fsp3) is 0.350. The van der Waals surface area contributed by atoms with Crippen molar-refractivity contribution in [1.82, 2.24) is 4.98 Å². The molecule has 1 aliphatic heterocycles. The lowest BCUT2D eigenvalue weighted by atomic mass is 9.97. The van der Waals surface area contributed by atoms with Crippen LogP contribution in [0, 0.1) is 5.92 Å². The maximum atomic E-state index is 5.71. The zero-order valence-corrected chi connectivity index (χ0v) is 13.8. The number of pyridine rings is 1. The zero-order chi connectivity index (χ0) is 16.2. The molecule has 1 unspecified atom stereocenters. The van der Waals surface area contributed by atoms with E-state index in [9.17, 15) is 0 Å². The smallest absolute Gasteiger partial charge is 0.128 e. The molecule has 0 aliphatic carbocycles. The van der Waals surface area contributed by atoms with E-state index in [1.165, 1.54) is 24.0 Å². The number of anilines is 2. The third-order valence-corrected chi connectivity index (χ3v) is 4.64. The first-order valence-electron chi connectivity index (χ1n) is 8.33. The monoisotopic (exact) mass is 307 g/mol. The second kappa shape index (κ2) is 6.86. The minimum absolute atomic E-state index is 0.724. The van der Waals surface area contributed by atoms with E-state index in [-0.39, 0.29) is 0 Å². The predicted octanol–water partition coefficient (Wildman–Crippen LogP) is 4.16. The molecule has 1 fully saturated rings. The van der Waals surface area contributed by atoms with Gasteiger partial charge in [-0.05, 0) is 55.4 Å². The van der Waals surface area contributed by atoms with Gasteiger partial charge >= 0.3 is 0 Å². The van der Waals surface area contributed by atoms with Crippen molar-refractivity contribution in [3.63, 3.8) is 0 Å². The molecule has 3 rings (SSSR count). The fourth-order valence-electron chi connectivity index (χ4n) is 3.22. The van der Waals surface area contributed by atoms with Gasteiger partial charge in [0.1, 0.15) is 5.82 Å². The van der Waals surface area contributed by atoms with Gasteiger partial charge in [0.25, 0.3) is 0 Å². The molecule has 1 aromatic carbocycles. The van der Waals surface area contributed by atoms with Gasteiger partial charge in [0.2, 0.25) is 0 Å². The SMILES string of the molecule is C=C(C)c1cccc(CCC2CCN(c3ccc(N)cn3)C2)c1. The van der Waals surface area contributed by atoms with Gasteiger partial charge in [-0.15, -0.1) is 0 Å². The lowest BCUT2D eigenvalue weighted by Gasteiger charge is -2.17. The number of nitrogens with two attached hydrogens (primary N) is 1. The van der Waals surface area contributed by atoms with Crippen molar-refractivity contribution in [1.29, 1.82) is 0 Å². The van der Waals surface area contributed by atoms with Crippen LogP contribution in [0.5, 0.6) is 0 Å². The van der Waals surface area contributed by atoms with E-state index in [0.717, 1.165) is 42.5 Å². The first-order valence-corrected chi connectivity index (χ1v) is 8.33. The third-order valence-electron chi connectivity index (χ3n) is 4.64. The van der Waals surface area contributed by atoms with Gasteiger partial charge in [-0.1, -0.05) is 36.4 Å². The van der Waals surface area contributed by atoms with Crippen LogP contribution in [-0.4, -0.2) is 18.1 Å². The van der Waals surface area contributed by atoms with Crippen LogP contribution in [0.1, 0.15) is 30.9 Å². The van der Waals surface area contributed by atoms with Crippen molar-refractivity contribution in [2.24, 2.45) is 5.92 Å². The Kier molecular flexibility index (Phi) is 4.65. The second-order valence-corrected chi connectivity index (χ2v) is 6.57. The van der Waals surface area contributed by atoms with Crippen LogP contribution in [0.15, 0.2) is 49.2 Å². The molecule has 23 heavy (non-hydrogen) atoms. The van der Waals surface area contributed by atoms with E-state index in [4.69, 9.17) is 5.73 Å². The van der Waals surface area contributed by atoms with Crippen LogP contribution in [-0.2, 0) is 6.42 Å². The van der Waals surface area contributed by atoms with Gasteiger partial charge < -0.3 is 10.6 Å². The van der Waals surface area contributed by atoms with Gasteiger partial charge in [-0.3, -0.25) is 0 Å². The molecular weight excluding hydrogens is 282 g/mol. The molecule has 0 radical (unpaired) electrons. The summed E-state index contributed by atoms with van der Waals surface area (Å²) >= 11 is 0. The van der Waals surface area contributed by atoms with Crippen molar-refractivity contribution >= 4 is 17.1 Å². The number of rotatable bonds is 5. The minimum Gasteiger partial charge on any atom is -0.397 e. The van der Waals surface area contributed by atoms with Crippen molar-refractivity contribution in [3.05, 3.63) is 60.3 Å². The summed E-state index contributed by atoms with van der Waals surface area (Å²) in [4.78, 5) is 6.80. The number of aryl methyl sites for hydroxylation is 1. The van der Waals surface area contributed by atoms with E-state index in [1.54, 1.807) is 6.20 Å². The Morgan fingerprint density at radius 3 is 2.96 bits per heavy atom. The molecule has 120 valence electrons. The summed E-state index contributed by atoms with van der Waals surface area (Å²) < 4.78 is 0. The molecule has 0 amide bonds. The highest BCUT2D eigenvalue weighted by Crippen LogP contribution is 2.26. The van der Waals surface area contributed by atoms with Crippen LogP contribution in [0.3, 0.4) is 0 Å². The van der Waals surface area contributed by atoms with Crippen LogP contribution in [0.25, 0.3) is 5.57 Å². The Hall–Kier alpha value is -2.29. The molecule has 0 bridgehead atoms. The summed E-state index contributed by atoms with van der Waals surface area (Å²) in [6.07, 6.45) is 5.35.